The SMILES string of the molecule is CCc1cc[c]c(-c2ccc(Cc3c[nH]c4ncnc(C5CC5)c34)c(F)n2)n1. The molecule has 4 aromatic rings. The van der Waals surface area contributed by atoms with E-state index in [9.17, 15) is 4.39 Å². The van der Waals surface area contributed by atoms with Crippen LogP contribution in [0, 0.1) is 12.0 Å². The Morgan fingerprint density at radius 3 is 2.82 bits per heavy atom. The molecule has 5 rings (SSSR count). The lowest BCUT2D eigenvalue weighted by molar-refractivity contribution is 0.571. The van der Waals surface area contributed by atoms with E-state index < -0.39 is 5.95 Å². The third-order valence-corrected chi connectivity index (χ3v) is 5.21. The average Bonchev–Trinajstić information content (AvgIpc) is 3.50. The van der Waals surface area contributed by atoms with E-state index in [1.165, 1.54) is 0 Å². The molecule has 0 aliphatic heterocycles. The number of hydrogen-bond acceptors (Lipinski definition) is 4. The first kappa shape index (κ1) is 17.0. The molecule has 1 aliphatic rings. The summed E-state index contributed by atoms with van der Waals surface area (Å²) in [7, 11) is 0. The maximum Gasteiger partial charge on any atom is 0.217 e. The smallest absolute Gasteiger partial charge is 0.217 e. The highest BCUT2D eigenvalue weighted by Gasteiger charge is 2.28. The fourth-order valence-electron chi connectivity index (χ4n) is 3.55. The third-order valence-electron chi connectivity index (χ3n) is 5.21. The summed E-state index contributed by atoms with van der Waals surface area (Å²) in [5, 5.41) is 1.03. The second-order valence-corrected chi connectivity index (χ2v) is 7.18. The lowest BCUT2D eigenvalue weighted by atomic mass is 10.0. The molecule has 5 nitrogen and oxygen atoms in total. The summed E-state index contributed by atoms with van der Waals surface area (Å²) in [5.74, 6) is 0.0200. The normalized spacial score (nSPS) is 13.9. The minimum absolute atomic E-state index is 0.443. The Balaban J connectivity index is 1.49. The van der Waals surface area contributed by atoms with Gasteiger partial charge in [-0.3, -0.25) is 4.98 Å². The van der Waals surface area contributed by atoms with Crippen LogP contribution in [0.3, 0.4) is 0 Å². The first-order valence-electron chi connectivity index (χ1n) is 9.57. The fraction of sp³-hybridized carbons (Fsp3) is 0.273. The molecule has 0 aromatic carbocycles. The van der Waals surface area contributed by atoms with Crippen LogP contribution < -0.4 is 0 Å². The number of fused-ring (bicyclic) bond motifs is 1. The van der Waals surface area contributed by atoms with Gasteiger partial charge in [-0.1, -0.05) is 19.1 Å². The zero-order chi connectivity index (χ0) is 19.1. The molecule has 4 aromatic heterocycles. The van der Waals surface area contributed by atoms with E-state index >= 15 is 0 Å². The van der Waals surface area contributed by atoms with Gasteiger partial charge in [-0.15, -0.1) is 0 Å². The van der Waals surface area contributed by atoms with Gasteiger partial charge >= 0.3 is 0 Å². The van der Waals surface area contributed by atoms with Crippen molar-refractivity contribution < 1.29 is 4.39 Å². The fourth-order valence-corrected chi connectivity index (χ4v) is 3.55. The summed E-state index contributed by atoms with van der Waals surface area (Å²) in [6, 6.07) is 10.3. The molecule has 139 valence electrons. The summed E-state index contributed by atoms with van der Waals surface area (Å²) in [6.07, 6.45) is 7.07. The Hall–Kier alpha value is -3.15. The van der Waals surface area contributed by atoms with Gasteiger partial charge in [-0.25, -0.2) is 15.0 Å². The highest BCUT2D eigenvalue weighted by atomic mass is 19.1. The highest BCUT2D eigenvalue weighted by Crippen LogP contribution is 2.42. The van der Waals surface area contributed by atoms with Crippen LogP contribution in [-0.4, -0.2) is 24.9 Å². The Bertz CT molecular complexity index is 1160. The van der Waals surface area contributed by atoms with Crippen molar-refractivity contribution in [2.75, 3.05) is 0 Å². The van der Waals surface area contributed by atoms with Gasteiger partial charge in [0.2, 0.25) is 5.95 Å². The molecule has 0 spiro atoms. The van der Waals surface area contributed by atoms with Gasteiger partial charge < -0.3 is 4.98 Å². The Kier molecular flexibility index (Phi) is 4.11. The zero-order valence-electron chi connectivity index (χ0n) is 15.5. The van der Waals surface area contributed by atoms with Crippen LogP contribution in [0.25, 0.3) is 22.4 Å². The predicted molar refractivity (Wildman–Crippen MR) is 104 cm³/mol. The number of nitrogens with one attached hydrogen (secondary N) is 1. The van der Waals surface area contributed by atoms with E-state index in [1.54, 1.807) is 18.5 Å². The number of hydrogen-bond donors (Lipinski definition) is 1. The maximum atomic E-state index is 14.8. The highest BCUT2D eigenvalue weighted by molar-refractivity contribution is 5.83. The standard InChI is InChI=1S/C22H19FN5/c1-2-16-4-3-5-17(27-16)18-9-8-14(21(23)28-18)10-15-11-24-22-19(15)20(13-6-7-13)25-12-26-22/h3-4,8-9,11-13H,2,6-7,10H2,1H3,(H,24,25,26). The van der Waals surface area contributed by atoms with E-state index in [-0.39, 0.29) is 0 Å². The van der Waals surface area contributed by atoms with Crippen LogP contribution in [0.2, 0.25) is 0 Å². The largest absolute Gasteiger partial charge is 0.346 e. The number of H-pyrrole nitrogens is 1. The minimum Gasteiger partial charge on any atom is -0.346 e. The first-order chi connectivity index (χ1) is 13.7. The molecular formula is C22H19FN5. The van der Waals surface area contributed by atoms with Crippen molar-refractivity contribution in [2.45, 2.75) is 38.5 Å². The number of pyridine rings is 2. The lowest BCUT2D eigenvalue weighted by Gasteiger charge is -2.07. The number of aromatic nitrogens is 5. The molecule has 0 saturated heterocycles. The molecule has 0 unspecified atom stereocenters. The quantitative estimate of drug-likeness (QED) is 0.528. The van der Waals surface area contributed by atoms with Gasteiger partial charge in [-0.05, 0) is 37.0 Å². The number of halogens is 1. The summed E-state index contributed by atoms with van der Waals surface area (Å²) >= 11 is 0. The topological polar surface area (TPSA) is 67.3 Å². The van der Waals surface area contributed by atoms with Crippen molar-refractivity contribution in [1.82, 2.24) is 24.9 Å². The second kappa shape index (κ2) is 6.78. The van der Waals surface area contributed by atoms with Gasteiger partial charge in [0.15, 0.2) is 0 Å². The van der Waals surface area contributed by atoms with Crippen LogP contribution in [-0.2, 0) is 12.8 Å². The number of nitrogens with zero attached hydrogens (tertiary/aromatic N) is 4. The predicted octanol–water partition coefficient (Wildman–Crippen LogP) is 4.38. The second-order valence-electron chi connectivity index (χ2n) is 7.18. The van der Waals surface area contributed by atoms with E-state index in [0.29, 0.717) is 29.3 Å². The van der Waals surface area contributed by atoms with Crippen LogP contribution in [0.5, 0.6) is 0 Å². The van der Waals surface area contributed by atoms with Gasteiger partial charge in [0.05, 0.1) is 17.1 Å². The average molecular weight is 372 g/mol. The third kappa shape index (κ3) is 3.05. The van der Waals surface area contributed by atoms with Gasteiger partial charge in [0, 0.05) is 41.2 Å². The van der Waals surface area contributed by atoms with Crippen LogP contribution in [0.15, 0.2) is 36.8 Å². The molecular weight excluding hydrogens is 353 g/mol. The molecule has 1 fully saturated rings. The van der Waals surface area contributed by atoms with Crippen molar-refractivity contribution >= 4 is 11.0 Å². The summed E-state index contributed by atoms with van der Waals surface area (Å²) in [6.45, 7) is 2.03. The molecule has 1 N–H and O–H groups in total. The van der Waals surface area contributed by atoms with Gasteiger partial charge in [0.25, 0.3) is 0 Å². The van der Waals surface area contributed by atoms with E-state index in [0.717, 1.165) is 47.2 Å². The van der Waals surface area contributed by atoms with E-state index in [4.69, 9.17) is 0 Å². The van der Waals surface area contributed by atoms with Gasteiger partial charge in [-0.2, -0.15) is 4.39 Å². The van der Waals surface area contributed by atoms with Crippen molar-refractivity contribution in [1.29, 1.82) is 0 Å². The molecule has 0 amide bonds. The van der Waals surface area contributed by atoms with Gasteiger partial charge in [0.1, 0.15) is 12.0 Å². The van der Waals surface area contributed by atoms with Crippen molar-refractivity contribution in [3.63, 3.8) is 0 Å². The molecule has 1 radical (unpaired) electrons. The molecule has 4 heterocycles. The first-order valence-corrected chi connectivity index (χ1v) is 9.57. The Labute approximate surface area is 162 Å². The molecule has 0 bridgehead atoms. The van der Waals surface area contributed by atoms with E-state index in [2.05, 4.69) is 31.0 Å². The molecule has 6 heteroatoms. The minimum atomic E-state index is -0.478. The number of rotatable bonds is 5. The Morgan fingerprint density at radius 1 is 1.14 bits per heavy atom. The maximum absolute atomic E-state index is 14.8. The number of aromatic amines is 1. The van der Waals surface area contributed by atoms with Crippen LogP contribution >= 0.6 is 0 Å². The van der Waals surface area contributed by atoms with Crippen LogP contribution in [0.4, 0.5) is 4.39 Å². The molecule has 0 atom stereocenters. The lowest BCUT2D eigenvalue weighted by Crippen LogP contribution is -2.00. The molecule has 28 heavy (non-hydrogen) atoms. The zero-order valence-corrected chi connectivity index (χ0v) is 15.5. The van der Waals surface area contributed by atoms with E-state index in [1.807, 2.05) is 25.3 Å². The summed E-state index contributed by atoms with van der Waals surface area (Å²) < 4.78 is 14.8. The summed E-state index contributed by atoms with van der Waals surface area (Å²) in [5.41, 5.74) is 5.43. The summed E-state index contributed by atoms with van der Waals surface area (Å²) in [4.78, 5) is 20.6. The van der Waals surface area contributed by atoms with Crippen molar-refractivity contribution in [2.24, 2.45) is 0 Å². The Morgan fingerprint density at radius 2 is 2.04 bits per heavy atom. The molecule has 1 saturated carbocycles. The number of aryl methyl sites for hydroxylation is 1. The van der Waals surface area contributed by atoms with Crippen LogP contribution in [0.1, 0.15) is 48.2 Å². The van der Waals surface area contributed by atoms with Crippen molar-refractivity contribution in [3.8, 4) is 11.4 Å². The molecule has 1 aliphatic carbocycles. The van der Waals surface area contributed by atoms with Crippen molar-refractivity contribution in [3.05, 3.63) is 71.3 Å². The monoisotopic (exact) mass is 372 g/mol.